The number of benzene rings is 1. The molecule has 20 heavy (non-hydrogen) atoms. The normalized spacial score (nSPS) is 22.4. The van der Waals surface area contributed by atoms with Crippen molar-refractivity contribution in [3.05, 3.63) is 23.8 Å². The van der Waals surface area contributed by atoms with Crippen LogP contribution in [0.25, 0.3) is 0 Å². The van der Waals surface area contributed by atoms with Crippen LogP contribution in [0.15, 0.2) is 18.2 Å². The Morgan fingerprint density at radius 2 is 2.10 bits per heavy atom. The fourth-order valence-corrected chi connectivity index (χ4v) is 2.88. The van der Waals surface area contributed by atoms with Crippen molar-refractivity contribution < 1.29 is 4.79 Å². The van der Waals surface area contributed by atoms with Crippen LogP contribution in [0.3, 0.4) is 0 Å². The monoisotopic (exact) mass is 275 g/mol. The molecule has 1 aliphatic rings. The number of nitrogens with two attached hydrogens (primary N) is 1. The Morgan fingerprint density at radius 1 is 1.35 bits per heavy atom. The van der Waals surface area contributed by atoms with Crippen LogP contribution in [-0.4, -0.2) is 26.0 Å². The molecule has 0 aromatic heterocycles. The minimum absolute atomic E-state index is 0.0582. The molecule has 1 aliphatic carbocycles. The Morgan fingerprint density at radius 3 is 2.75 bits per heavy atom. The van der Waals surface area contributed by atoms with Crippen LogP contribution in [0.5, 0.6) is 0 Å². The van der Waals surface area contributed by atoms with E-state index in [4.69, 9.17) is 5.73 Å². The molecule has 110 valence electrons. The van der Waals surface area contributed by atoms with Gasteiger partial charge in [0, 0.05) is 37.4 Å². The first kappa shape index (κ1) is 14.9. The van der Waals surface area contributed by atoms with E-state index < -0.39 is 0 Å². The summed E-state index contributed by atoms with van der Waals surface area (Å²) in [5.74, 6) is 0.163. The van der Waals surface area contributed by atoms with E-state index in [1.165, 1.54) is 5.56 Å². The molecule has 1 aromatic carbocycles. The van der Waals surface area contributed by atoms with Gasteiger partial charge in [-0.15, -0.1) is 0 Å². The number of hydrogen-bond donors (Lipinski definition) is 2. The van der Waals surface area contributed by atoms with Crippen molar-refractivity contribution in [3.8, 4) is 0 Å². The molecule has 0 bridgehead atoms. The zero-order valence-electron chi connectivity index (χ0n) is 12.6. The predicted molar refractivity (Wildman–Crippen MR) is 84.1 cm³/mol. The van der Waals surface area contributed by atoms with Crippen molar-refractivity contribution in [1.82, 2.24) is 0 Å². The first-order chi connectivity index (χ1) is 9.47. The summed E-state index contributed by atoms with van der Waals surface area (Å²) in [4.78, 5) is 14.4. The molecule has 2 unspecified atom stereocenters. The summed E-state index contributed by atoms with van der Waals surface area (Å²) in [6.45, 7) is 2.07. The third-order valence-corrected chi connectivity index (χ3v) is 4.04. The molecule has 4 heteroatoms. The molecule has 2 atom stereocenters. The van der Waals surface area contributed by atoms with E-state index >= 15 is 0 Å². The largest absolute Gasteiger partial charge is 0.377 e. The van der Waals surface area contributed by atoms with Crippen LogP contribution in [0, 0.1) is 12.8 Å². The van der Waals surface area contributed by atoms with Gasteiger partial charge in [0.05, 0.1) is 0 Å². The van der Waals surface area contributed by atoms with E-state index in [0.29, 0.717) is 0 Å². The summed E-state index contributed by atoms with van der Waals surface area (Å²) in [7, 11) is 4.02. The van der Waals surface area contributed by atoms with Gasteiger partial charge in [-0.2, -0.15) is 0 Å². The zero-order valence-corrected chi connectivity index (χ0v) is 12.6. The van der Waals surface area contributed by atoms with Crippen LogP contribution in [0.1, 0.15) is 31.2 Å². The Bertz CT molecular complexity index is 485. The van der Waals surface area contributed by atoms with E-state index in [-0.39, 0.29) is 17.9 Å². The zero-order chi connectivity index (χ0) is 14.7. The van der Waals surface area contributed by atoms with Crippen molar-refractivity contribution >= 4 is 17.3 Å². The number of nitrogens with zero attached hydrogens (tertiary/aromatic N) is 1. The average molecular weight is 275 g/mol. The van der Waals surface area contributed by atoms with Crippen LogP contribution >= 0.6 is 0 Å². The lowest BCUT2D eigenvalue weighted by molar-refractivity contribution is -0.120. The predicted octanol–water partition coefficient (Wildman–Crippen LogP) is 2.52. The SMILES string of the molecule is Cc1ccc(NC(=O)C2CCCC(N)C2)cc1N(C)C. The molecule has 1 amide bonds. The molecule has 0 radical (unpaired) electrons. The van der Waals surface area contributed by atoms with Gasteiger partial charge in [0.2, 0.25) is 5.91 Å². The smallest absolute Gasteiger partial charge is 0.227 e. The highest BCUT2D eigenvalue weighted by molar-refractivity contribution is 5.93. The Hall–Kier alpha value is -1.55. The number of nitrogens with one attached hydrogen (secondary N) is 1. The van der Waals surface area contributed by atoms with Gasteiger partial charge in [0.25, 0.3) is 0 Å². The summed E-state index contributed by atoms with van der Waals surface area (Å²) in [5, 5.41) is 3.03. The fourth-order valence-electron chi connectivity index (χ4n) is 2.88. The minimum Gasteiger partial charge on any atom is -0.377 e. The first-order valence-corrected chi connectivity index (χ1v) is 7.32. The molecule has 0 spiro atoms. The van der Waals surface area contributed by atoms with E-state index in [0.717, 1.165) is 37.1 Å². The summed E-state index contributed by atoms with van der Waals surface area (Å²) in [5.41, 5.74) is 9.15. The third-order valence-electron chi connectivity index (χ3n) is 4.04. The molecule has 1 aromatic rings. The maximum Gasteiger partial charge on any atom is 0.227 e. The van der Waals surface area contributed by atoms with Gasteiger partial charge < -0.3 is 16.0 Å². The van der Waals surface area contributed by atoms with E-state index in [1.54, 1.807) is 0 Å². The number of hydrogen-bond acceptors (Lipinski definition) is 3. The number of anilines is 2. The van der Waals surface area contributed by atoms with Gasteiger partial charge in [-0.3, -0.25) is 4.79 Å². The van der Waals surface area contributed by atoms with Crippen molar-refractivity contribution in [2.75, 3.05) is 24.3 Å². The average Bonchev–Trinajstić information content (AvgIpc) is 2.40. The highest BCUT2D eigenvalue weighted by atomic mass is 16.1. The quantitative estimate of drug-likeness (QED) is 0.891. The van der Waals surface area contributed by atoms with Crippen LogP contribution in [0.4, 0.5) is 11.4 Å². The molecule has 4 nitrogen and oxygen atoms in total. The van der Waals surface area contributed by atoms with Crippen LogP contribution < -0.4 is 16.0 Å². The number of rotatable bonds is 3. The van der Waals surface area contributed by atoms with Gasteiger partial charge in [0.15, 0.2) is 0 Å². The van der Waals surface area contributed by atoms with Gasteiger partial charge >= 0.3 is 0 Å². The van der Waals surface area contributed by atoms with Crippen molar-refractivity contribution in [2.45, 2.75) is 38.6 Å². The molecule has 0 saturated heterocycles. The molecular weight excluding hydrogens is 250 g/mol. The second kappa shape index (κ2) is 6.27. The Kier molecular flexibility index (Phi) is 4.65. The molecule has 1 fully saturated rings. The lowest BCUT2D eigenvalue weighted by Crippen LogP contribution is -2.34. The van der Waals surface area contributed by atoms with Gasteiger partial charge in [0.1, 0.15) is 0 Å². The van der Waals surface area contributed by atoms with E-state index in [1.807, 2.05) is 32.3 Å². The Balaban J connectivity index is 2.06. The minimum atomic E-state index is 0.0582. The number of carbonyl (C=O) groups excluding carboxylic acids is 1. The van der Waals surface area contributed by atoms with Crippen LogP contribution in [-0.2, 0) is 4.79 Å². The maximum absolute atomic E-state index is 12.3. The summed E-state index contributed by atoms with van der Waals surface area (Å²) in [6, 6.07) is 6.20. The molecule has 2 rings (SSSR count). The molecule has 0 aliphatic heterocycles. The molecule has 0 heterocycles. The van der Waals surface area contributed by atoms with Crippen molar-refractivity contribution in [1.29, 1.82) is 0 Å². The fraction of sp³-hybridized carbons (Fsp3) is 0.562. The Labute approximate surface area is 121 Å². The van der Waals surface area contributed by atoms with E-state index in [9.17, 15) is 4.79 Å². The summed E-state index contributed by atoms with van der Waals surface area (Å²) >= 11 is 0. The maximum atomic E-state index is 12.3. The number of aryl methyl sites for hydroxylation is 1. The van der Waals surface area contributed by atoms with Gasteiger partial charge in [-0.1, -0.05) is 12.5 Å². The van der Waals surface area contributed by atoms with Gasteiger partial charge in [-0.05, 0) is 43.9 Å². The second-order valence-electron chi connectivity index (χ2n) is 6.01. The molecule has 1 saturated carbocycles. The van der Waals surface area contributed by atoms with Crippen molar-refractivity contribution in [3.63, 3.8) is 0 Å². The highest BCUT2D eigenvalue weighted by Gasteiger charge is 2.25. The topological polar surface area (TPSA) is 58.4 Å². The number of carbonyl (C=O) groups is 1. The molecule has 3 N–H and O–H groups in total. The summed E-state index contributed by atoms with van der Waals surface area (Å²) < 4.78 is 0. The number of amides is 1. The second-order valence-corrected chi connectivity index (χ2v) is 6.01. The van der Waals surface area contributed by atoms with Crippen molar-refractivity contribution in [2.24, 2.45) is 11.7 Å². The highest BCUT2D eigenvalue weighted by Crippen LogP contribution is 2.26. The van der Waals surface area contributed by atoms with E-state index in [2.05, 4.69) is 17.1 Å². The lowest BCUT2D eigenvalue weighted by atomic mass is 9.85. The molecular formula is C16H25N3O. The lowest BCUT2D eigenvalue weighted by Gasteiger charge is -2.26. The van der Waals surface area contributed by atoms with Gasteiger partial charge in [-0.25, -0.2) is 0 Å². The standard InChI is InChI=1S/C16H25N3O/c1-11-7-8-14(10-15(11)19(2)3)18-16(20)12-5-4-6-13(17)9-12/h7-8,10,12-13H,4-6,9,17H2,1-3H3,(H,18,20). The summed E-state index contributed by atoms with van der Waals surface area (Å²) in [6.07, 6.45) is 3.85. The van der Waals surface area contributed by atoms with Crippen LogP contribution in [0.2, 0.25) is 0 Å². The third kappa shape index (κ3) is 3.51. The first-order valence-electron chi connectivity index (χ1n) is 7.32.